The Morgan fingerprint density at radius 2 is 1.83 bits per heavy atom. The van der Waals surface area contributed by atoms with Gasteiger partial charge in [0.05, 0.1) is 18.4 Å². The van der Waals surface area contributed by atoms with Gasteiger partial charge < -0.3 is 20.1 Å². The Balaban J connectivity index is 0.000000520. The summed E-state index contributed by atoms with van der Waals surface area (Å²) in [5.74, 6) is 1.31. The molecule has 2 fully saturated rings. The molecule has 186 valence electrons. The number of H-pyrrole nitrogens is 1. The Hall–Kier alpha value is -3.79. The van der Waals surface area contributed by atoms with E-state index in [1.807, 2.05) is 18.5 Å². The molecule has 4 heterocycles. The van der Waals surface area contributed by atoms with E-state index in [1.54, 1.807) is 6.20 Å². The summed E-state index contributed by atoms with van der Waals surface area (Å²) in [6, 6.07) is 12.5. The van der Waals surface area contributed by atoms with E-state index in [0.29, 0.717) is 11.6 Å². The van der Waals surface area contributed by atoms with Gasteiger partial charge >= 0.3 is 0 Å². The summed E-state index contributed by atoms with van der Waals surface area (Å²) in [6.45, 7) is 4.18. The fourth-order valence-electron chi connectivity index (χ4n) is 5.21. The molecule has 2 aliphatic rings. The van der Waals surface area contributed by atoms with E-state index in [-0.39, 0.29) is 24.2 Å². The van der Waals surface area contributed by atoms with Crippen LogP contribution in [-0.4, -0.2) is 69.2 Å². The number of imidazole rings is 1. The van der Waals surface area contributed by atoms with Gasteiger partial charge in [-0.1, -0.05) is 30.3 Å². The summed E-state index contributed by atoms with van der Waals surface area (Å²) < 4.78 is 14.4. The number of aromatic amines is 1. The number of carboxylic acid groups (broad SMARTS) is 2. The van der Waals surface area contributed by atoms with Crippen LogP contribution in [0.1, 0.15) is 17.8 Å². The van der Waals surface area contributed by atoms with Crippen LogP contribution in [0.3, 0.4) is 0 Å². The van der Waals surface area contributed by atoms with Crippen molar-refractivity contribution in [3.05, 3.63) is 78.4 Å². The zero-order valence-electron chi connectivity index (χ0n) is 19.3. The first-order chi connectivity index (χ1) is 17.0. The summed E-state index contributed by atoms with van der Waals surface area (Å²) in [7, 11) is 0. The third kappa shape index (κ3) is 6.63. The molecule has 1 aromatic carbocycles. The number of carbonyl (C=O) groups is 2. The molecular weight excluding hydrogens is 453 g/mol. The fraction of sp³-hybridized carbons (Fsp3) is 0.360. The van der Waals surface area contributed by atoms with Gasteiger partial charge in [-0.2, -0.15) is 0 Å². The smallest absolute Gasteiger partial charge is 0.290 e. The number of pyridine rings is 1. The molecular formula is C25H30FN5O4. The van der Waals surface area contributed by atoms with Crippen molar-refractivity contribution in [3.63, 3.8) is 0 Å². The molecule has 10 heteroatoms. The van der Waals surface area contributed by atoms with Crippen molar-refractivity contribution in [1.29, 1.82) is 0 Å². The fourth-order valence-corrected chi connectivity index (χ4v) is 5.21. The molecule has 0 amide bonds. The van der Waals surface area contributed by atoms with Crippen LogP contribution in [0.5, 0.6) is 0 Å². The number of likely N-dealkylation sites (tertiary alicyclic amines) is 1. The van der Waals surface area contributed by atoms with Crippen molar-refractivity contribution < 1.29 is 24.2 Å². The molecule has 3 aromatic rings. The van der Waals surface area contributed by atoms with Gasteiger partial charge in [0.15, 0.2) is 5.82 Å². The summed E-state index contributed by atoms with van der Waals surface area (Å²) >= 11 is 0. The number of aromatic nitrogens is 3. The van der Waals surface area contributed by atoms with Crippen LogP contribution in [0.4, 0.5) is 10.1 Å². The molecule has 0 bridgehead atoms. The number of aryl methyl sites for hydroxylation is 1. The minimum Gasteiger partial charge on any atom is -0.483 e. The number of nitrogens with one attached hydrogen (secondary N) is 1. The third-order valence-corrected chi connectivity index (χ3v) is 6.60. The first-order valence-corrected chi connectivity index (χ1v) is 11.3. The van der Waals surface area contributed by atoms with E-state index in [1.165, 1.54) is 11.8 Å². The summed E-state index contributed by atoms with van der Waals surface area (Å²) in [5, 5.41) is 13.8. The highest BCUT2D eigenvalue weighted by atomic mass is 19.1. The average molecular weight is 484 g/mol. The molecule has 9 nitrogen and oxygen atoms in total. The van der Waals surface area contributed by atoms with Crippen LogP contribution in [0, 0.1) is 17.2 Å². The van der Waals surface area contributed by atoms with Crippen molar-refractivity contribution in [1.82, 2.24) is 19.9 Å². The van der Waals surface area contributed by atoms with Gasteiger partial charge in [-0.3, -0.25) is 19.5 Å². The zero-order valence-corrected chi connectivity index (χ0v) is 19.3. The average Bonchev–Trinajstić information content (AvgIpc) is 3.55. The lowest BCUT2D eigenvalue weighted by Crippen LogP contribution is -2.35. The maximum absolute atomic E-state index is 14.4. The van der Waals surface area contributed by atoms with Gasteiger partial charge in [-0.25, -0.2) is 9.37 Å². The van der Waals surface area contributed by atoms with E-state index in [2.05, 4.69) is 55.1 Å². The molecule has 0 saturated carbocycles. The molecule has 0 aliphatic carbocycles. The van der Waals surface area contributed by atoms with Crippen LogP contribution in [-0.2, 0) is 22.6 Å². The molecule has 3 N–H and O–H groups in total. The lowest BCUT2D eigenvalue weighted by atomic mass is 9.76. The number of hydrogen-bond donors (Lipinski definition) is 3. The minimum atomic E-state index is -0.250. The zero-order chi connectivity index (χ0) is 25.1. The Bertz CT molecular complexity index is 1050. The van der Waals surface area contributed by atoms with Crippen LogP contribution < -0.4 is 4.90 Å². The largest absolute Gasteiger partial charge is 0.483 e. The van der Waals surface area contributed by atoms with Crippen molar-refractivity contribution in [2.45, 2.75) is 19.4 Å². The third-order valence-electron chi connectivity index (χ3n) is 6.60. The van der Waals surface area contributed by atoms with Gasteiger partial charge in [0.25, 0.3) is 12.9 Å². The number of hydrogen-bond acceptors (Lipinski definition) is 6. The van der Waals surface area contributed by atoms with Crippen LogP contribution in [0.25, 0.3) is 0 Å². The molecule has 2 saturated heterocycles. The Morgan fingerprint density at radius 3 is 2.49 bits per heavy atom. The van der Waals surface area contributed by atoms with Crippen LogP contribution >= 0.6 is 0 Å². The number of anilines is 1. The van der Waals surface area contributed by atoms with Gasteiger partial charge in [0.1, 0.15) is 5.82 Å². The highest BCUT2D eigenvalue weighted by Crippen LogP contribution is 2.47. The second-order valence-corrected chi connectivity index (χ2v) is 8.67. The van der Waals surface area contributed by atoms with E-state index < -0.39 is 0 Å². The summed E-state index contributed by atoms with van der Waals surface area (Å²) in [4.78, 5) is 33.0. The summed E-state index contributed by atoms with van der Waals surface area (Å²) in [5.41, 5.74) is 2.22. The van der Waals surface area contributed by atoms with E-state index in [9.17, 15) is 4.39 Å². The molecule has 2 aromatic heterocycles. The Kier molecular flexibility index (Phi) is 9.31. The number of nitrogens with zero attached hydrogens (tertiary/aromatic N) is 4. The minimum absolute atomic E-state index is 0.165. The standard InChI is InChI=1S/C23H26FN5.2CH2O2/c24-20-12-25-9-7-21(20)29-14-19-13-28(15-22-26-10-11-27-22)16-23(19,17-29)8-6-18-4-2-1-3-5-18;2*2-1-3/h1-5,7,9-12,19H,6,8,13-17H2,(H,26,27);2*1H,(H,2,3). The van der Waals surface area contributed by atoms with Crippen molar-refractivity contribution in [2.75, 3.05) is 31.1 Å². The highest BCUT2D eigenvalue weighted by Gasteiger charge is 2.52. The molecule has 5 rings (SSSR count). The number of rotatable bonds is 6. The van der Waals surface area contributed by atoms with Gasteiger partial charge in [-0.15, -0.1) is 0 Å². The normalized spacial score (nSPS) is 20.7. The second-order valence-electron chi connectivity index (χ2n) is 8.67. The van der Waals surface area contributed by atoms with Crippen molar-refractivity contribution in [3.8, 4) is 0 Å². The topological polar surface area (TPSA) is 123 Å². The SMILES string of the molecule is Fc1cnccc1N1CC2CN(Cc3ncc[nH]3)CC2(CCc2ccccc2)C1.O=CO.O=CO. The summed E-state index contributed by atoms with van der Waals surface area (Å²) in [6.07, 6.45) is 8.87. The van der Waals surface area contributed by atoms with Crippen LogP contribution in [0.2, 0.25) is 0 Å². The predicted octanol–water partition coefficient (Wildman–Crippen LogP) is 2.92. The number of benzene rings is 1. The highest BCUT2D eigenvalue weighted by molar-refractivity contribution is 5.48. The molecule has 2 atom stereocenters. The maximum Gasteiger partial charge on any atom is 0.290 e. The van der Waals surface area contributed by atoms with E-state index >= 15 is 0 Å². The van der Waals surface area contributed by atoms with Crippen molar-refractivity contribution >= 4 is 18.6 Å². The Morgan fingerprint density at radius 1 is 1.09 bits per heavy atom. The van der Waals surface area contributed by atoms with E-state index in [0.717, 1.165) is 51.4 Å². The molecule has 35 heavy (non-hydrogen) atoms. The predicted molar refractivity (Wildman–Crippen MR) is 128 cm³/mol. The monoisotopic (exact) mass is 483 g/mol. The van der Waals surface area contributed by atoms with E-state index in [4.69, 9.17) is 19.8 Å². The second kappa shape index (κ2) is 12.6. The van der Waals surface area contributed by atoms with Gasteiger partial charge in [0.2, 0.25) is 0 Å². The number of halogens is 1. The first-order valence-electron chi connectivity index (χ1n) is 11.3. The number of fused-ring (bicyclic) bond motifs is 1. The maximum atomic E-state index is 14.4. The molecule has 2 unspecified atom stereocenters. The van der Waals surface area contributed by atoms with Gasteiger partial charge in [-0.05, 0) is 30.4 Å². The molecule has 0 spiro atoms. The van der Waals surface area contributed by atoms with Crippen molar-refractivity contribution in [2.24, 2.45) is 11.3 Å². The lowest BCUT2D eigenvalue weighted by molar-refractivity contribution is -0.123. The molecule has 0 radical (unpaired) electrons. The quantitative estimate of drug-likeness (QED) is 0.458. The Labute approximate surface area is 203 Å². The molecule has 2 aliphatic heterocycles. The van der Waals surface area contributed by atoms with Crippen LogP contribution in [0.15, 0.2) is 61.2 Å². The van der Waals surface area contributed by atoms with Gasteiger partial charge in [0, 0.05) is 50.2 Å². The first kappa shape index (κ1) is 25.8. The lowest BCUT2D eigenvalue weighted by Gasteiger charge is -2.30.